The van der Waals surface area contributed by atoms with E-state index in [1.807, 2.05) is 0 Å². The molecule has 170 valence electrons. The number of aromatic nitrogens is 4. The van der Waals surface area contributed by atoms with E-state index in [0.717, 1.165) is 0 Å². The zero-order valence-corrected chi connectivity index (χ0v) is 19.3. The first-order valence-corrected chi connectivity index (χ1v) is 11.7. The monoisotopic (exact) mass is 478 g/mol. The van der Waals surface area contributed by atoms with Crippen LogP contribution in [0.15, 0.2) is 42.7 Å². The van der Waals surface area contributed by atoms with Crippen LogP contribution in [0.25, 0.3) is 5.69 Å². The summed E-state index contributed by atoms with van der Waals surface area (Å²) in [6.45, 7) is 3.64. The molecule has 12 heteroatoms. The Balaban J connectivity index is 1.79. The first-order chi connectivity index (χ1) is 15.2. The minimum Gasteiger partial charge on any atom is -0.496 e. The van der Waals surface area contributed by atoms with E-state index in [9.17, 15) is 13.2 Å². The molecule has 0 fully saturated rings. The van der Waals surface area contributed by atoms with Crippen LogP contribution in [0.3, 0.4) is 0 Å². The summed E-state index contributed by atoms with van der Waals surface area (Å²) in [6.07, 6.45) is 1.37. The molecule has 0 unspecified atom stereocenters. The minimum atomic E-state index is -3.51. The van der Waals surface area contributed by atoms with Crippen LogP contribution >= 0.6 is 11.6 Å². The highest BCUT2D eigenvalue weighted by atomic mass is 35.5. The average Bonchev–Trinajstić information content (AvgIpc) is 3.26. The predicted molar refractivity (Wildman–Crippen MR) is 119 cm³/mol. The van der Waals surface area contributed by atoms with Gasteiger partial charge in [-0.25, -0.2) is 13.1 Å². The molecule has 0 bridgehead atoms. The number of rotatable bonds is 9. The molecular formula is C20H23ClN6O4S. The van der Waals surface area contributed by atoms with Gasteiger partial charge in [-0.05, 0) is 41.5 Å². The van der Waals surface area contributed by atoms with E-state index in [1.54, 1.807) is 44.2 Å². The van der Waals surface area contributed by atoms with Crippen LogP contribution in [0.4, 0.5) is 0 Å². The maximum absolute atomic E-state index is 12.9. The number of halogens is 1. The Bertz CT molecular complexity index is 1200. The van der Waals surface area contributed by atoms with Gasteiger partial charge in [0.2, 0.25) is 10.0 Å². The van der Waals surface area contributed by atoms with Gasteiger partial charge in [-0.3, -0.25) is 4.79 Å². The van der Waals surface area contributed by atoms with Crippen LogP contribution in [0.5, 0.6) is 5.75 Å². The summed E-state index contributed by atoms with van der Waals surface area (Å²) in [7, 11) is -2.07. The third kappa shape index (κ3) is 5.81. The fourth-order valence-electron chi connectivity index (χ4n) is 3.08. The fraction of sp³-hybridized carbons (Fsp3) is 0.300. The van der Waals surface area contributed by atoms with Crippen molar-refractivity contribution in [3.63, 3.8) is 0 Å². The van der Waals surface area contributed by atoms with E-state index in [-0.39, 0.29) is 34.7 Å². The average molecular weight is 479 g/mol. The van der Waals surface area contributed by atoms with E-state index < -0.39 is 15.9 Å². The van der Waals surface area contributed by atoms with Crippen molar-refractivity contribution in [3.8, 4) is 11.4 Å². The topological polar surface area (TPSA) is 128 Å². The quantitative estimate of drug-likeness (QED) is 0.481. The molecule has 32 heavy (non-hydrogen) atoms. The molecule has 1 amide bonds. The molecule has 0 atom stereocenters. The number of methoxy groups -OCH3 is 1. The van der Waals surface area contributed by atoms with Crippen molar-refractivity contribution in [2.45, 2.75) is 32.2 Å². The van der Waals surface area contributed by atoms with E-state index in [0.29, 0.717) is 16.8 Å². The number of nitrogens with one attached hydrogen (secondary N) is 2. The van der Waals surface area contributed by atoms with E-state index in [1.165, 1.54) is 24.2 Å². The lowest BCUT2D eigenvalue weighted by Gasteiger charge is -2.15. The molecule has 3 aromatic rings. The van der Waals surface area contributed by atoms with Gasteiger partial charge in [0, 0.05) is 18.7 Å². The van der Waals surface area contributed by atoms with Crippen LogP contribution in [0.1, 0.15) is 35.3 Å². The van der Waals surface area contributed by atoms with Crippen LogP contribution in [0, 0.1) is 0 Å². The molecule has 0 aliphatic carbocycles. The molecule has 2 aromatic carbocycles. The number of ether oxygens (including phenoxy) is 1. The molecule has 1 heterocycles. The predicted octanol–water partition coefficient (Wildman–Crippen LogP) is 2.08. The summed E-state index contributed by atoms with van der Waals surface area (Å²) in [5.74, 6) is -0.327. The zero-order valence-electron chi connectivity index (χ0n) is 17.7. The first kappa shape index (κ1) is 23.6. The first-order valence-electron chi connectivity index (χ1n) is 9.66. The van der Waals surface area contributed by atoms with Crippen molar-refractivity contribution in [1.82, 2.24) is 30.2 Å². The molecule has 3 rings (SSSR count). The maximum Gasteiger partial charge on any atom is 0.255 e. The lowest BCUT2D eigenvalue weighted by atomic mass is 10.1. The molecule has 2 N–H and O–H groups in total. The largest absolute Gasteiger partial charge is 0.496 e. The second-order valence-electron chi connectivity index (χ2n) is 7.24. The molecule has 1 aromatic heterocycles. The third-order valence-corrected chi connectivity index (χ3v) is 6.25. The number of carbonyl (C=O) groups is 1. The zero-order chi connectivity index (χ0) is 23.3. The van der Waals surface area contributed by atoms with Gasteiger partial charge >= 0.3 is 0 Å². The smallest absolute Gasteiger partial charge is 0.255 e. The SMILES string of the molecule is COc1cc(-n2cnnn2)c(Cl)cc1C(=O)NCc1ccccc1CS(=O)(=O)NC(C)C. The number of nitrogens with zero attached hydrogens (tertiary/aromatic N) is 4. The summed E-state index contributed by atoms with van der Waals surface area (Å²) in [4.78, 5) is 12.9. The highest BCUT2D eigenvalue weighted by Gasteiger charge is 2.19. The van der Waals surface area contributed by atoms with Gasteiger partial charge in [-0.15, -0.1) is 5.10 Å². The van der Waals surface area contributed by atoms with E-state index in [2.05, 4.69) is 25.6 Å². The molecule has 0 spiro atoms. The molecule has 0 saturated heterocycles. The number of hydrogen-bond acceptors (Lipinski definition) is 7. The standard InChI is InChI=1S/C20H23ClN6O4S/c1-13(2)24-32(29,30)11-15-7-5-4-6-14(15)10-22-20(28)16-8-17(21)18(9-19(16)31-3)27-12-23-25-26-27/h4-9,12-13,24H,10-11H2,1-3H3,(H,22,28). The third-order valence-electron chi connectivity index (χ3n) is 4.43. The highest BCUT2D eigenvalue weighted by Crippen LogP contribution is 2.29. The second-order valence-corrected chi connectivity index (χ2v) is 9.40. The number of benzene rings is 2. The summed E-state index contributed by atoms with van der Waals surface area (Å²) in [5, 5.41) is 14.0. The summed E-state index contributed by atoms with van der Waals surface area (Å²) in [5.41, 5.74) is 1.96. The molecular weight excluding hydrogens is 456 g/mol. The van der Waals surface area contributed by atoms with Crippen molar-refractivity contribution in [1.29, 1.82) is 0 Å². The molecule has 0 saturated carbocycles. The minimum absolute atomic E-state index is 0.127. The molecule has 10 nitrogen and oxygen atoms in total. The van der Waals surface area contributed by atoms with E-state index in [4.69, 9.17) is 16.3 Å². The Labute approximate surface area is 191 Å². The van der Waals surface area contributed by atoms with Gasteiger partial charge < -0.3 is 10.1 Å². The normalized spacial score (nSPS) is 11.5. The molecule has 0 aliphatic heterocycles. The Kier molecular flexibility index (Phi) is 7.44. The van der Waals surface area contributed by atoms with Crippen molar-refractivity contribution < 1.29 is 17.9 Å². The number of sulfonamides is 1. The van der Waals surface area contributed by atoms with Gasteiger partial charge in [0.25, 0.3) is 5.91 Å². The Morgan fingerprint density at radius 2 is 1.94 bits per heavy atom. The van der Waals surface area contributed by atoms with Gasteiger partial charge in [0.15, 0.2) is 0 Å². The van der Waals surface area contributed by atoms with Gasteiger partial charge in [0.05, 0.1) is 29.1 Å². The summed E-state index contributed by atoms with van der Waals surface area (Å²) < 4.78 is 33.9. The van der Waals surface area contributed by atoms with Crippen LogP contribution in [-0.2, 0) is 22.3 Å². The van der Waals surface area contributed by atoms with Crippen molar-refractivity contribution in [3.05, 3.63) is 64.4 Å². The van der Waals surface area contributed by atoms with Gasteiger partial charge in [-0.2, -0.15) is 4.68 Å². The van der Waals surface area contributed by atoms with Crippen molar-refractivity contribution in [2.75, 3.05) is 7.11 Å². The number of carbonyl (C=O) groups excluding carboxylic acids is 1. The lowest BCUT2D eigenvalue weighted by molar-refractivity contribution is 0.0948. The maximum atomic E-state index is 12.9. The Morgan fingerprint density at radius 1 is 1.22 bits per heavy atom. The Hall–Kier alpha value is -3.02. The Morgan fingerprint density at radius 3 is 2.56 bits per heavy atom. The van der Waals surface area contributed by atoms with Crippen LogP contribution < -0.4 is 14.8 Å². The van der Waals surface area contributed by atoms with Gasteiger partial charge in [-0.1, -0.05) is 35.9 Å². The van der Waals surface area contributed by atoms with Crippen molar-refractivity contribution >= 4 is 27.5 Å². The van der Waals surface area contributed by atoms with Crippen LogP contribution in [-0.4, -0.2) is 47.7 Å². The number of amides is 1. The molecule has 0 aliphatic rings. The lowest BCUT2D eigenvalue weighted by Crippen LogP contribution is -2.32. The summed E-state index contributed by atoms with van der Waals surface area (Å²) >= 11 is 6.32. The molecule has 0 radical (unpaired) electrons. The van der Waals surface area contributed by atoms with E-state index >= 15 is 0 Å². The number of hydrogen-bond donors (Lipinski definition) is 2. The van der Waals surface area contributed by atoms with Gasteiger partial charge in [0.1, 0.15) is 12.1 Å². The fourth-order valence-corrected chi connectivity index (χ4v) is 4.83. The van der Waals surface area contributed by atoms with Crippen molar-refractivity contribution in [2.24, 2.45) is 0 Å². The summed E-state index contributed by atoms with van der Waals surface area (Å²) in [6, 6.07) is 9.85. The van der Waals surface area contributed by atoms with Crippen LogP contribution in [0.2, 0.25) is 5.02 Å². The second kappa shape index (κ2) is 10.1. The number of tetrazole rings is 1. The highest BCUT2D eigenvalue weighted by molar-refractivity contribution is 7.88.